The Hall–Kier alpha value is -1.89. The molecule has 1 atom stereocenters. The zero-order valence-corrected chi connectivity index (χ0v) is 10.1. The fraction of sp³-hybridized carbons (Fsp3) is 0.545. The number of aromatic nitrogens is 4. The zero-order valence-electron chi connectivity index (χ0n) is 10.1. The van der Waals surface area contributed by atoms with E-state index >= 15 is 0 Å². The molecule has 4 N–H and O–H groups in total. The van der Waals surface area contributed by atoms with Gasteiger partial charge in [-0.2, -0.15) is 0 Å². The molecule has 7 heteroatoms. The highest BCUT2D eigenvalue weighted by Crippen LogP contribution is 2.28. The number of fused-ring (bicyclic) bond motifs is 1. The van der Waals surface area contributed by atoms with Crippen LogP contribution in [0.25, 0.3) is 11.2 Å². The second kappa shape index (κ2) is 3.81. The Labute approximate surface area is 102 Å². The van der Waals surface area contributed by atoms with Crippen molar-refractivity contribution in [3.8, 4) is 0 Å². The Morgan fingerprint density at radius 3 is 2.72 bits per heavy atom. The van der Waals surface area contributed by atoms with Gasteiger partial charge >= 0.3 is 5.69 Å². The number of piperidine rings is 1. The Kier molecular flexibility index (Phi) is 2.37. The fourth-order valence-electron chi connectivity index (χ4n) is 2.45. The maximum atomic E-state index is 11.6. The van der Waals surface area contributed by atoms with Gasteiger partial charge in [-0.25, -0.2) is 9.78 Å². The lowest BCUT2D eigenvalue weighted by Crippen LogP contribution is -2.44. The van der Waals surface area contributed by atoms with Gasteiger partial charge in [0.25, 0.3) is 5.56 Å². The molecule has 1 saturated heterocycles. The third-order valence-electron chi connectivity index (χ3n) is 3.53. The third kappa shape index (κ3) is 1.67. The Morgan fingerprint density at radius 1 is 1.17 bits per heavy atom. The molecule has 0 spiro atoms. The molecule has 0 amide bonds. The van der Waals surface area contributed by atoms with Crippen LogP contribution in [-0.4, -0.2) is 26.5 Å². The quantitative estimate of drug-likeness (QED) is 0.567. The summed E-state index contributed by atoms with van der Waals surface area (Å²) in [6.07, 6.45) is 3.22. The number of nitrogens with zero attached hydrogens (tertiary/aromatic N) is 1. The highest BCUT2D eigenvalue weighted by atomic mass is 16.2. The van der Waals surface area contributed by atoms with E-state index in [-0.39, 0.29) is 5.54 Å². The number of hydrogen-bond acceptors (Lipinski definition) is 4. The fourth-order valence-corrected chi connectivity index (χ4v) is 2.45. The van der Waals surface area contributed by atoms with Gasteiger partial charge in [-0.05, 0) is 32.7 Å². The summed E-state index contributed by atoms with van der Waals surface area (Å²) >= 11 is 0. The van der Waals surface area contributed by atoms with Crippen LogP contribution in [0.4, 0.5) is 0 Å². The van der Waals surface area contributed by atoms with E-state index in [1.807, 2.05) is 0 Å². The van der Waals surface area contributed by atoms with Crippen LogP contribution in [0.1, 0.15) is 32.0 Å². The van der Waals surface area contributed by atoms with Gasteiger partial charge < -0.3 is 10.3 Å². The molecule has 1 fully saturated rings. The van der Waals surface area contributed by atoms with Crippen molar-refractivity contribution in [1.29, 1.82) is 0 Å². The maximum Gasteiger partial charge on any atom is 0.327 e. The van der Waals surface area contributed by atoms with Crippen molar-refractivity contribution in [1.82, 2.24) is 25.3 Å². The maximum absolute atomic E-state index is 11.6. The minimum atomic E-state index is -0.535. The van der Waals surface area contributed by atoms with Gasteiger partial charge in [-0.15, -0.1) is 0 Å². The third-order valence-corrected chi connectivity index (χ3v) is 3.53. The van der Waals surface area contributed by atoms with E-state index in [1.165, 1.54) is 0 Å². The first-order chi connectivity index (χ1) is 8.58. The van der Waals surface area contributed by atoms with Gasteiger partial charge in [-0.1, -0.05) is 0 Å². The smallest absolute Gasteiger partial charge is 0.327 e. The molecule has 0 saturated carbocycles. The van der Waals surface area contributed by atoms with Gasteiger partial charge in [0.1, 0.15) is 11.3 Å². The summed E-state index contributed by atoms with van der Waals surface area (Å²) in [6.45, 7) is 2.98. The largest absolute Gasteiger partial charge is 0.335 e. The van der Waals surface area contributed by atoms with Crippen molar-refractivity contribution >= 4 is 11.2 Å². The molecule has 2 aromatic heterocycles. The van der Waals surface area contributed by atoms with Crippen LogP contribution >= 0.6 is 0 Å². The van der Waals surface area contributed by atoms with Crippen molar-refractivity contribution < 1.29 is 0 Å². The predicted molar refractivity (Wildman–Crippen MR) is 66.5 cm³/mol. The highest BCUT2D eigenvalue weighted by Gasteiger charge is 2.31. The summed E-state index contributed by atoms with van der Waals surface area (Å²) in [5.74, 6) is 0.699. The second-order valence-electron chi connectivity index (χ2n) is 4.93. The first kappa shape index (κ1) is 11.2. The number of nitrogens with one attached hydrogen (secondary N) is 4. The van der Waals surface area contributed by atoms with Crippen LogP contribution in [0.3, 0.4) is 0 Å². The van der Waals surface area contributed by atoms with Crippen molar-refractivity contribution in [3.63, 3.8) is 0 Å². The lowest BCUT2D eigenvalue weighted by Gasteiger charge is -2.32. The summed E-state index contributed by atoms with van der Waals surface area (Å²) in [6, 6.07) is 0. The molecule has 2 aromatic rings. The Bertz CT molecular complexity index is 689. The standard InChI is InChI=1S/C11H15N5O2/c1-11(4-2-3-5-12-11)9-13-6-7(14-9)15-10(18)16-8(6)17/h12H,2-5H2,1H3,(H3,13,14,15,16,17,18). The van der Waals surface area contributed by atoms with Crippen molar-refractivity contribution in [3.05, 3.63) is 26.7 Å². The molecule has 96 valence electrons. The van der Waals surface area contributed by atoms with Crippen LogP contribution < -0.4 is 16.6 Å². The Balaban J connectivity index is 2.16. The van der Waals surface area contributed by atoms with E-state index in [1.54, 1.807) is 0 Å². The van der Waals surface area contributed by atoms with E-state index < -0.39 is 11.2 Å². The van der Waals surface area contributed by atoms with Gasteiger partial charge in [0.05, 0.1) is 5.54 Å². The second-order valence-corrected chi connectivity index (χ2v) is 4.93. The lowest BCUT2D eigenvalue weighted by molar-refractivity contribution is 0.271. The average molecular weight is 249 g/mol. The van der Waals surface area contributed by atoms with Gasteiger partial charge in [0.15, 0.2) is 5.65 Å². The molecular formula is C11H15N5O2. The van der Waals surface area contributed by atoms with E-state index in [0.717, 1.165) is 25.8 Å². The molecule has 1 aliphatic rings. The van der Waals surface area contributed by atoms with Crippen molar-refractivity contribution in [2.24, 2.45) is 0 Å². The Morgan fingerprint density at radius 2 is 2.00 bits per heavy atom. The van der Waals surface area contributed by atoms with Gasteiger partial charge in [0.2, 0.25) is 0 Å². The van der Waals surface area contributed by atoms with E-state index in [2.05, 4.69) is 32.2 Å². The van der Waals surface area contributed by atoms with Crippen LogP contribution in [-0.2, 0) is 5.54 Å². The summed E-state index contributed by atoms with van der Waals surface area (Å²) in [4.78, 5) is 34.9. The van der Waals surface area contributed by atoms with E-state index in [0.29, 0.717) is 17.0 Å². The van der Waals surface area contributed by atoms with Crippen molar-refractivity contribution in [2.45, 2.75) is 31.7 Å². The topological polar surface area (TPSA) is 106 Å². The molecule has 18 heavy (non-hydrogen) atoms. The monoisotopic (exact) mass is 249 g/mol. The molecule has 7 nitrogen and oxygen atoms in total. The first-order valence-corrected chi connectivity index (χ1v) is 6.06. The number of aromatic amines is 3. The summed E-state index contributed by atoms with van der Waals surface area (Å²) in [7, 11) is 0. The van der Waals surface area contributed by atoms with Gasteiger partial charge in [0, 0.05) is 0 Å². The summed E-state index contributed by atoms with van der Waals surface area (Å²) in [5, 5.41) is 3.41. The number of imidazole rings is 1. The van der Waals surface area contributed by atoms with E-state index in [9.17, 15) is 9.59 Å². The summed E-state index contributed by atoms with van der Waals surface area (Å²) in [5.41, 5.74) is -0.606. The minimum Gasteiger partial charge on any atom is -0.335 e. The van der Waals surface area contributed by atoms with Gasteiger partial charge in [-0.3, -0.25) is 14.8 Å². The number of H-pyrrole nitrogens is 3. The lowest BCUT2D eigenvalue weighted by atomic mass is 9.90. The normalized spacial score (nSPS) is 24.5. The molecule has 1 aliphatic heterocycles. The minimum absolute atomic E-state index is 0.263. The molecule has 0 bridgehead atoms. The van der Waals surface area contributed by atoms with Crippen molar-refractivity contribution in [2.75, 3.05) is 6.54 Å². The molecule has 3 heterocycles. The molecule has 3 rings (SSSR count). The average Bonchev–Trinajstić information content (AvgIpc) is 2.74. The van der Waals surface area contributed by atoms with Crippen LogP contribution in [0, 0.1) is 0 Å². The SMILES string of the molecule is CC1(c2nc3[nH]c(=O)[nH]c(=O)c3[nH]2)CCCCN1. The van der Waals surface area contributed by atoms with Crippen LogP contribution in [0.5, 0.6) is 0 Å². The molecule has 0 aromatic carbocycles. The molecule has 1 unspecified atom stereocenters. The number of hydrogen-bond donors (Lipinski definition) is 4. The molecular weight excluding hydrogens is 234 g/mol. The first-order valence-electron chi connectivity index (χ1n) is 6.06. The predicted octanol–water partition coefficient (Wildman–Crippen LogP) is -0.0718. The van der Waals surface area contributed by atoms with Crippen LogP contribution in [0.2, 0.25) is 0 Å². The zero-order chi connectivity index (χ0) is 12.8. The molecule has 0 radical (unpaired) electrons. The van der Waals surface area contributed by atoms with E-state index in [4.69, 9.17) is 0 Å². The summed E-state index contributed by atoms with van der Waals surface area (Å²) < 4.78 is 0. The number of rotatable bonds is 1. The molecule has 0 aliphatic carbocycles. The van der Waals surface area contributed by atoms with Crippen LogP contribution in [0.15, 0.2) is 9.59 Å². The highest BCUT2D eigenvalue weighted by molar-refractivity contribution is 5.68.